The Morgan fingerprint density at radius 1 is 1.00 bits per heavy atom. The first kappa shape index (κ1) is 22.5. The minimum absolute atomic E-state index is 0.0453. The normalized spacial score (nSPS) is 15.9. The van der Waals surface area contributed by atoms with Gasteiger partial charge < -0.3 is 9.80 Å². The third-order valence-electron chi connectivity index (χ3n) is 5.56. The second kappa shape index (κ2) is 9.29. The molecule has 0 bridgehead atoms. The lowest BCUT2D eigenvalue weighted by molar-refractivity contribution is -0.917. The molecule has 1 heterocycles. The van der Waals surface area contributed by atoms with E-state index in [-0.39, 0.29) is 22.8 Å². The molecule has 1 fully saturated rings. The highest BCUT2D eigenvalue weighted by Crippen LogP contribution is 2.23. The number of rotatable bonds is 6. The number of carbonyl (C=O) groups excluding carboxylic acids is 1. The largest absolute Gasteiger partial charge is 0.330 e. The monoisotopic (exact) mass is 430 g/mol. The summed E-state index contributed by atoms with van der Waals surface area (Å²) in [6, 6.07) is 17.2. The van der Waals surface area contributed by atoms with Gasteiger partial charge in [-0.2, -0.15) is 0 Å². The molecule has 3 rings (SSSR count). The van der Waals surface area contributed by atoms with Gasteiger partial charge in [0.25, 0.3) is 0 Å². The van der Waals surface area contributed by atoms with Crippen LogP contribution in [0.5, 0.6) is 0 Å². The topological polar surface area (TPSA) is 70.9 Å². The highest BCUT2D eigenvalue weighted by Gasteiger charge is 2.25. The zero-order chi connectivity index (χ0) is 21.8. The molecule has 30 heavy (non-hydrogen) atoms. The van der Waals surface area contributed by atoms with E-state index in [1.807, 2.05) is 30.3 Å². The number of nitrogens with zero attached hydrogens (tertiary/aromatic N) is 1. The van der Waals surface area contributed by atoms with E-state index in [4.69, 9.17) is 0 Å². The molecule has 162 valence electrons. The molecule has 7 heteroatoms. The fourth-order valence-electron chi connectivity index (χ4n) is 3.62. The summed E-state index contributed by atoms with van der Waals surface area (Å²) in [4.78, 5) is 15.9. The predicted octanol–water partition coefficient (Wildman–Crippen LogP) is 1.19. The Kier molecular flexibility index (Phi) is 6.95. The van der Waals surface area contributed by atoms with E-state index in [1.54, 1.807) is 17.0 Å². The van der Waals surface area contributed by atoms with Gasteiger partial charge in [-0.1, -0.05) is 63.2 Å². The summed E-state index contributed by atoms with van der Waals surface area (Å²) < 4.78 is 27.6. The lowest BCUT2D eigenvalue weighted by Crippen LogP contribution is -3.13. The summed E-state index contributed by atoms with van der Waals surface area (Å²) in [5.41, 5.74) is 2.31. The van der Waals surface area contributed by atoms with Gasteiger partial charge in [-0.15, -0.1) is 0 Å². The van der Waals surface area contributed by atoms with Gasteiger partial charge in [0.15, 0.2) is 0 Å². The second-order valence-electron chi connectivity index (χ2n) is 8.89. The summed E-state index contributed by atoms with van der Waals surface area (Å²) in [6.07, 6.45) is 0. The van der Waals surface area contributed by atoms with Gasteiger partial charge in [-0.25, -0.2) is 13.1 Å². The zero-order valence-electron chi connectivity index (χ0n) is 18.0. The SMILES string of the molecule is CC(C)(C)c1ccc(S(=O)(=O)NCC(=O)N2CC[NH+](Cc3ccccc3)CC2)cc1. The van der Waals surface area contributed by atoms with Crippen molar-refractivity contribution >= 4 is 15.9 Å². The van der Waals surface area contributed by atoms with Crippen molar-refractivity contribution in [2.45, 2.75) is 37.6 Å². The lowest BCUT2D eigenvalue weighted by Gasteiger charge is -2.32. The van der Waals surface area contributed by atoms with E-state index in [2.05, 4.69) is 37.6 Å². The van der Waals surface area contributed by atoms with Crippen molar-refractivity contribution < 1.29 is 18.1 Å². The maximum Gasteiger partial charge on any atom is 0.241 e. The number of amides is 1. The van der Waals surface area contributed by atoms with E-state index in [9.17, 15) is 13.2 Å². The minimum atomic E-state index is -3.71. The fourth-order valence-corrected chi connectivity index (χ4v) is 4.59. The number of sulfonamides is 1. The van der Waals surface area contributed by atoms with Gasteiger partial charge >= 0.3 is 0 Å². The van der Waals surface area contributed by atoms with Gasteiger partial charge in [0.1, 0.15) is 6.54 Å². The Balaban J connectivity index is 1.49. The van der Waals surface area contributed by atoms with Crippen LogP contribution < -0.4 is 9.62 Å². The highest BCUT2D eigenvalue weighted by molar-refractivity contribution is 7.89. The van der Waals surface area contributed by atoms with Crippen molar-refractivity contribution in [2.24, 2.45) is 0 Å². The third kappa shape index (κ3) is 5.90. The molecule has 1 aliphatic rings. The van der Waals surface area contributed by atoms with Crippen LogP contribution >= 0.6 is 0 Å². The van der Waals surface area contributed by atoms with Crippen LogP contribution in [0.4, 0.5) is 0 Å². The third-order valence-corrected chi connectivity index (χ3v) is 6.98. The van der Waals surface area contributed by atoms with E-state index in [0.29, 0.717) is 13.1 Å². The van der Waals surface area contributed by atoms with Crippen molar-refractivity contribution in [3.63, 3.8) is 0 Å². The molecular weight excluding hydrogens is 398 g/mol. The Labute approximate surface area is 179 Å². The second-order valence-corrected chi connectivity index (χ2v) is 10.7. The average Bonchev–Trinajstić information content (AvgIpc) is 2.73. The molecule has 0 atom stereocenters. The summed E-state index contributed by atoms with van der Waals surface area (Å²) in [7, 11) is -3.71. The molecule has 2 N–H and O–H groups in total. The molecule has 1 aliphatic heterocycles. The number of hydrogen-bond acceptors (Lipinski definition) is 3. The van der Waals surface area contributed by atoms with E-state index in [1.165, 1.54) is 10.5 Å². The van der Waals surface area contributed by atoms with E-state index >= 15 is 0 Å². The Morgan fingerprint density at radius 3 is 2.17 bits per heavy atom. The van der Waals surface area contributed by atoms with Crippen molar-refractivity contribution in [1.29, 1.82) is 0 Å². The van der Waals surface area contributed by atoms with Crippen LogP contribution in [-0.2, 0) is 26.8 Å². The van der Waals surface area contributed by atoms with Crippen LogP contribution in [0.15, 0.2) is 59.5 Å². The molecule has 0 aliphatic carbocycles. The smallest absolute Gasteiger partial charge is 0.241 e. The van der Waals surface area contributed by atoms with Crippen molar-refractivity contribution in [3.8, 4) is 0 Å². The molecule has 0 aromatic heterocycles. The Bertz CT molecular complexity index is 943. The molecule has 1 saturated heterocycles. The van der Waals surface area contributed by atoms with Crippen LogP contribution in [0, 0.1) is 0 Å². The maximum absolute atomic E-state index is 12.5. The van der Waals surface area contributed by atoms with Gasteiger partial charge in [0, 0.05) is 5.56 Å². The van der Waals surface area contributed by atoms with E-state index in [0.717, 1.165) is 25.2 Å². The Hall–Kier alpha value is -2.22. The summed E-state index contributed by atoms with van der Waals surface area (Å²) in [6.45, 7) is 9.98. The zero-order valence-corrected chi connectivity index (χ0v) is 18.8. The molecule has 2 aromatic carbocycles. The first-order chi connectivity index (χ1) is 14.1. The Morgan fingerprint density at radius 2 is 1.60 bits per heavy atom. The van der Waals surface area contributed by atoms with Gasteiger partial charge in [0.05, 0.1) is 37.6 Å². The van der Waals surface area contributed by atoms with Gasteiger partial charge in [-0.05, 0) is 23.1 Å². The summed E-state index contributed by atoms with van der Waals surface area (Å²) >= 11 is 0. The maximum atomic E-state index is 12.5. The molecule has 0 spiro atoms. The lowest BCUT2D eigenvalue weighted by atomic mass is 9.87. The number of piperazine rings is 1. The highest BCUT2D eigenvalue weighted by atomic mass is 32.2. The van der Waals surface area contributed by atoms with Crippen molar-refractivity contribution in [1.82, 2.24) is 9.62 Å². The standard InChI is InChI=1S/C23H31N3O3S/c1-23(2,3)20-9-11-21(12-10-20)30(28,29)24-17-22(27)26-15-13-25(14-16-26)18-19-7-5-4-6-8-19/h4-12,24H,13-18H2,1-3H3/p+1. The molecule has 6 nitrogen and oxygen atoms in total. The van der Waals surface area contributed by atoms with Crippen LogP contribution in [0.1, 0.15) is 31.9 Å². The van der Waals surface area contributed by atoms with Crippen LogP contribution in [0.25, 0.3) is 0 Å². The molecule has 0 radical (unpaired) electrons. The molecule has 1 amide bonds. The van der Waals surface area contributed by atoms with Gasteiger partial charge in [-0.3, -0.25) is 4.79 Å². The number of benzene rings is 2. The summed E-state index contributed by atoms with van der Waals surface area (Å²) in [5.74, 6) is -0.177. The first-order valence-corrected chi connectivity index (χ1v) is 11.9. The number of nitrogens with one attached hydrogen (secondary N) is 2. The quantitative estimate of drug-likeness (QED) is 0.723. The van der Waals surface area contributed by atoms with Gasteiger partial charge in [0.2, 0.25) is 15.9 Å². The fraction of sp³-hybridized carbons (Fsp3) is 0.435. The van der Waals surface area contributed by atoms with Crippen LogP contribution in [0.2, 0.25) is 0 Å². The number of carbonyl (C=O) groups is 1. The number of quaternary nitrogens is 1. The summed E-state index contributed by atoms with van der Waals surface area (Å²) in [5, 5.41) is 0. The van der Waals surface area contributed by atoms with E-state index < -0.39 is 10.0 Å². The van der Waals surface area contributed by atoms with Crippen molar-refractivity contribution in [3.05, 3.63) is 65.7 Å². The molecule has 0 unspecified atom stereocenters. The molecule has 2 aromatic rings. The minimum Gasteiger partial charge on any atom is -0.330 e. The molecule has 0 saturated carbocycles. The molecular formula is C23H32N3O3S+. The average molecular weight is 431 g/mol. The number of hydrogen-bond donors (Lipinski definition) is 2. The van der Waals surface area contributed by atoms with Crippen LogP contribution in [0.3, 0.4) is 0 Å². The first-order valence-electron chi connectivity index (χ1n) is 10.4. The predicted molar refractivity (Wildman–Crippen MR) is 118 cm³/mol. The van der Waals surface area contributed by atoms with Crippen LogP contribution in [-0.4, -0.2) is 51.9 Å². The van der Waals surface area contributed by atoms with Crippen molar-refractivity contribution in [2.75, 3.05) is 32.7 Å².